The van der Waals surface area contributed by atoms with Crippen LogP contribution in [-0.4, -0.2) is 8.42 Å². The van der Waals surface area contributed by atoms with Gasteiger partial charge in [-0.15, -0.1) is 0 Å². The topological polar surface area (TPSA) is 46.2 Å². The average Bonchev–Trinajstić information content (AvgIpc) is 2.47. The van der Waals surface area contributed by atoms with E-state index in [0.717, 1.165) is 11.1 Å². The number of halogens is 1. The number of fused-ring (bicyclic) bond motifs is 1. The molecule has 0 unspecified atom stereocenters. The van der Waals surface area contributed by atoms with Crippen molar-refractivity contribution in [3.8, 4) is 0 Å². The number of hydrogen-bond acceptors (Lipinski definition) is 3. The second-order valence-electron chi connectivity index (χ2n) is 4.59. The molecular weight excluding hydrogens is 306 g/mol. The molecule has 21 heavy (non-hydrogen) atoms. The Bertz CT molecular complexity index is 887. The summed E-state index contributed by atoms with van der Waals surface area (Å²) in [5, 5.41) is 4.65. The number of anilines is 2. The van der Waals surface area contributed by atoms with E-state index in [1.54, 1.807) is 6.07 Å². The summed E-state index contributed by atoms with van der Waals surface area (Å²) >= 11 is 0. The van der Waals surface area contributed by atoms with Crippen LogP contribution < -0.4 is 5.32 Å². The van der Waals surface area contributed by atoms with Gasteiger partial charge in [-0.3, -0.25) is 0 Å². The Labute approximate surface area is 127 Å². The lowest BCUT2D eigenvalue weighted by atomic mass is 10.1. The summed E-state index contributed by atoms with van der Waals surface area (Å²) in [5.41, 5.74) is 1.59. The molecule has 0 aliphatic carbocycles. The summed E-state index contributed by atoms with van der Waals surface area (Å²) in [6.45, 7) is 0. The fourth-order valence-electron chi connectivity index (χ4n) is 2.29. The quantitative estimate of drug-likeness (QED) is 0.723. The van der Waals surface area contributed by atoms with Crippen LogP contribution in [-0.2, 0) is 9.05 Å². The highest BCUT2D eigenvalue weighted by atomic mass is 35.7. The first-order valence-corrected chi connectivity index (χ1v) is 8.65. The molecule has 0 saturated carbocycles. The van der Waals surface area contributed by atoms with Crippen molar-refractivity contribution in [1.29, 1.82) is 0 Å². The maximum absolute atomic E-state index is 11.8. The molecule has 0 fully saturated rings. The second-order valence-corrected chi connectivity index (χ2v) is 7.12. The van der Waals surface area contributed by atoms with Gasteiger partial charge in [-0.25, -0.2) is 8.42 Å². The molecule has 0 atom stereocenters. The van der Waals surface area contributed by atoms with Crippen molar-refractivity contribution in [2.75, 3.05) is 5.32 Å². The summed E-state index contributed by atoms with van der Waals surface area (Å²) in [4.78, 5) is 0.112. The molecule has 3 aromatic rings. The van der Waals surface area contributed by atoms with Crippen LogP contribution in [0.15, 0.2) is 71.6 Å². The number of nitrogens with one attached hydrogen (secondary N) is 1. The number of rotatable bonds is 3. The first kappa shape index (κ1) is 13.9. The van der Waals surface area contributed by atoms with Crippen LogP contribution in [0.4, 0.5) is 11.4 Å². The van der Waals surface area contributed by atoms with Crippen molar-refractivity contribution >= 4 is 41.9 Å². The molecule has 0 radical (unpaired) electrons. The van der Waals surface area contributed by atoms with Crippen molar-refractivity contribution in [3.63, 3.8) is 0 Å². The van der Waals surface area contributed by atoms with Crippen LogP contribution in [0.2, 0.25) is 0 Å². The molecule has 3 nitrogen and oxygen atoms in total. The van der Waals surface area contributed by atoms with Crippen molar-refractivity contribution in [3.05, 3.63) is 66.7 Å². The Balaban J connectivity index is 2.24. The first-order valence-electron chi connectivity index (χ1n) is 6.34. The Morgan fingerprint density at radius 2 is 1.48 bits per heavy atom. The van der Waals surface area contributed by atoms with Gasteiger partial charge >= 0.3 is 0 Å². The van der Waals surface area contributed by atoms with Crippen LogP contribution in [0, 0.1) is 0 Å². The minimum atomic E-state index is -3.81. The summed E-state index contributed by atoms with van der Waals surface area (Å²) in [7, 11) is 1.74. The Morgan fingerprint density at radius 1 is 0.810 bits per heavy atom. The Hall–Kier alpha value is -2.04. The highest BCUT2D eigenvalue weighted by molar-refractivity contribution is 8.14. The maximum Gasteiger partial charge on any atom is 0.262 e. The zero-order chi connectivity index (χ0) is 14.9. The van der Waals surface area contributed by atoms with Gasteiger partial charge in [0.25, 0.3) is 9.05 Å². The minimum Gasteiger partial charge on any atom is -0.355 e. The minimum absolute atomic E-state index is 0.112. The summed E-state index contributed by atoms with van der Waals surface area (Å²) < 4.78 is 23.6. The van der Waals surface area contributed by atoms with E-state index in [0.29, 0.717) is 11.1 Å². The summed E-state index contributed by atoms with van der Waals surface area (Å²) in [6, 6.07) is 20.2. The normalized spacial score (nSPS) is 11.5. The molecule has 3 aromatic carbocycles. The van der Waals surface area contributed by atoms with Gasteiger partial charge in [-0.1, -0.05) is 42.5 Å². The SMILES string of the molecule is O=S(=O)(Cl)c1cccc2cccc(Nc3ccccc3)c12. The van der Waals surface area contributed by atoms with E-state index in [-0.39, 0.29) is 4.90 Å². The van der Waals surface area contributed by atoms with E-state index < -0.39 is 9.05 Å². The second kappa shape index (κ2) is 5.39. The van der Waals surface area contributed by atoms with Gasteiger partial charge in [0.05, 0.1) is 4.90 Å². The van der Waals surface area contributed by atoms with Crippen LogP contribution >= 0.6 is 10.7 Å². The van der Waals surface area contributed by atoms with E-state index in [1.807, 2.05) is 54.6 Å². The molecule has 3 rings (SSSR count). The number of hydrogen-bond donors (Lipinski definition) is 1. The first-order chi connectivity index (χ1) is 10.1. The molecule has 0 heterocycles. The van der Waals surface area contributed by atoms with Crippen LogP contribution in [0.5, 0.6) is 0 Å². The van der Waals surface area contributed by atoms with Gasteiger partial charge in [0, 0.05) is 27.4 Å². The van der Waals surface area contributed by atoms with Crippen molar-refractivity contribution in [1.82, 2.24) is 0 Å². The van der Waals surface area contributed by atoms with E-state index in [1.165, 1.54) is 6.07 Å². The largest absolute Gasteiger partial charge is 0.355 e. The third kappa shape index (κ3) is 2.86. The fourth-order valence-corrected chi connectivity index (χ4v) is 3.39. The maximum atomic E-state index is 11.8. The Morgan fingerprint density at radius 3 is 2.14 bits per heavy atom. The highest BCUT2D eigenvalue weighted by Crippen LogP contribution is 2.33. The predicted octanol–water partition coefficient (Wildman–Crippen LogP) is 4.51. The molecule has 0 amide bonds. The third-order valence-corrected chi connectivity index (χ3v) is 4.55. The van der Waals surface area contributed by atoms with Crippen molar-refractivity contribution in [2.24, 2.45) is 0 Å². The van der Waals surface area contributed by atoms with E-state index in [2.05, 4.69) is 5.32 Å². The zero-order valence-corrected chi connectivity index (χ0v) is 12.5. The highest BCUT2D eigenvalue weighted by Gasteiger charge is 2.16. The third-order valence-electron chi connectivity index (χ3n) is 3.18. The molecule has 106 valence electrons. The number of para-hydroxylation sites is 1. The zero-order valence-electron chi connectivity index (χ0n) is 11.0. The van der Waals surface area contributed by atoms with Crippen molar-refractivity contribution in [2.45, 2.75) is 4.90 Å². The van der Waals surface area contributed by atoms with E-state index in [9.17, 15) is 8.42 Å². The lowest BCUT2D eigenvalue weighted by Gasteiger charge is -2.12. The van der Waals surface area contributed by atoms with Gasteiger partial charge in [0.2, 0.25) is 0 Å². The van der Waals surface area contributed by atoms with E-state index >= 15 is 0 Å². The standard InChI is InChI=1S/C16H12ClNO2S/c17-21(19,20)15-11-5-7-12-6-4-10-14(16(12)15)18-13-8-2-1-3-9-13/h1-11,18H. The van der Waals surface area contributed by atoms with Gasteiger partial charge in [-0.2, -0.15) is 0 Å². The van der Waals surface area contributed by atoms with Gasteiger partial charge in [0.15, 0.2) is 0 Å². The fraction of sp³-hybridized carbons (Fsp3) is 0. The van der Waals surface area contributed by atoms with Crippen LogP contribution in [0.25, 0.3) is 10.8 Å². The van der Waals surface area contributed by atoms with Crippen LogP contribution in [0.3, 0.4) is 0 Å². The molecule has 0 spiro atoms. The Kier molecular flexibility index (Phi) is 3.57. The molecule has 0 aliphatic rings. The molecule has 0 saturated heterocycles. The lowest BCUT2D eigenvalue weighted by molar-refractivity contribution is 0.610. The van der Waals surface area contributed by atoms with Gasteiger partial charge < -0.3 is 5.32 Å². The monoisotopic (exact) mass is 317 g/mol. The molecule has 0 aromatic heterocycles. The molecule has 0 bridgehead atoms. The summed E-state index contributed by atoms with van der Waals surface area (Å²) in [6.07, 6.45) is 0. The van der Waals surface area contributed by atoms with Gasteiger partial charge in [0.1, 0.15) is 0 Å². The predicted molar refractivity (Wildman–Crippen MR) is 86.7 cm³/mol. The average molecular weight is 318 g/mol. The lowest BCUT2D eigenvalue weighted by Crippen LogP contribution is -1.97. The summed E-state index contributed by atoms with van der Waals surface area (Å²) in [5.74, 6) is 0. The van der Waals surface area contributed by atoms with Crippen LogP contribution in [0.1, 0.15) is 0 Å². The smallest absolute Gasteiger partial charge is 0.262 e. The molecule has 5 heteroatoms. The molecule has 0 aliphatic heterocycles. The van der Waals surface area contributed by atoms with Gasteiger partial charge in [-0.05, 0) is 29.7 Å². The number of benzene rings is 3. The molecular formula is C16H12ClNO2S. The van der Waals surface area contributed by atoms with E-state index in [4.69, 9.17) is 10.7 Å². The van der Waals surface area contributed by atoms with Crippen molar-refractivity contribution < 1.29 is 8.42 Å². The molecule has 1 N–H and O–H groups in total.